The summed E-state index contributed by atoms with van der Waals surface area (Å²) in [5.41, 5.74) is 0.870. The Morgan fingerprint density at radius 1 is 1.20 bits per heavy atom. The van der Waals surface area contributed by atoms with Crippen molar-refractivity contribution in [2.24, 2.45) is 0 Å². The Kier molecular flexibility index (Phi) is 4.27. The van der Waals surface area contributed by atoms with Gasteiger partial charge in [-0.15, -0.1) is 0 Å². The summed E-state index contributed by atoms with van der Waals surface area (Å²) in [6.45, 7) is 4.13. The number of halogens is 2. The van der Waals surface area contributed by atoms with Gasteiger partial charge in [-0.2, -0.15) is 5.10 Å². The van der Waals surface area contributed by atoms with E-state index < -0.39 is 11.6 Å². The maximum absolute atomic E-state index is 14.6. The minimum Gasteiger partial charge on any atom is -0.349 e. The number of nitrogens with zero attached hydrogens (tertiary/aromatic N) is 4. The van der Waals surface area contributed by atoms with Crippen LogP contribution < -0.4 is 10.2 Å². The van der Waals surface area contributed by atoms with Crippen molar-refractivity contribution < 1.29 is 13.6 Å². The Balaban J connectivity index is 1.57. The van der Waals surface area contributed by atoms with Gasteiger partial charge in [0.05, 0.1) is 12.2 Å². The highest BCUT2D eigenvalue weighted by molar-refractivity contribution is 6.00. The zero-order valence-corrected chi connectivity index (χ0v) is 16.9. The normalized spacial score (nSPS) is 20.7. The van der Waals surface area contributed by atoms with E-state index in [-0.39, 0.29) is 23.5 Å². The number of anilines is 1. The molecule has 30 heavy (non-hydrogen) atoms. The Morgan fingerprint density at radius 3 is 2.77 bits per heavy atom. The van der Waals surface area contributed by atoms with E-state index in [9.17, 15) is 13.6 Å². The molecule has 0 radical (unpaired) electrons. The second kappa shape index (κ2) is 6.75. The first-order valence-electron chi connectivity index (χ1n) is 10.2. The smallest absolute Gasteiger partial charge is 0.256 e. The third-order valence-corrected chi connectivity index (χ3v) is 6.07. The Morgan fingerprint density at radius 2 is 2.00 bits per heavy atom. The highest BCUT2D eigenvalue weighted by atomic mass is 19.1. The van der Waals surface area contributed by atoms with Crippen LogP contribution >= 0.6 is 0 Å². The number of aromatic nitrogens is 3. The largest absolute Gasteiger partial charge is 0.349 e. The van der Waals surface area contributed by atoms with Gasteiger partial charge in [0.15, 0.2) is 5.65 Å². The van der Waals surface area contributed by atoms with Crippen molar-refractivity contribution in [1.29, 1.82) is 0 Å². The number of fused-ring (bicyclic) bond motifs is 1. The van der Waals surface area contributed by atoms with E-state index in [2.05, 4.69) is 24.3 Å². The van der Waals surface area contributed by atoms with Gasteiger partial charge in [0.25, 0.3) is 5.91 Å². The SMILES string of the molecule is CC1(C)CCC(c2cc(F)ccc2F)N1c1ccn2ncc(C(=O)NC3CC3)c2n1. The van der Waals surface area contributed by atoms with Crippen LogP contribution in [0.2, 0.25) is 0 Å². The van der Waals surface area contributed by atoms with Gasteiger partial charge < -0.3 is 10.2 Å². The molecule has 5 rings (SSSR count). The van der Waals surface area contributed by atoms with Gasteiger partial charge in [0.2, 0.25) is 0 Å². The fourth-order valence-electron chi connectivity index (χ4n) is 4.34. The zero-order chi connectivity index (χ0) is 21.0. The highest BCUT2D eigenvalue weighted by Crippen LogP contribution is 2.45. The molecule has 1 aliphatic heterocycles. The molecule has 1 aliphatic carbocycles. The molecule has 2 aliphatic rings. The van der Waals surface area contributed by atoms with Crippen LogP contribution in [0, 0.1) is 11.6 Å². The minimum atomic E-state index is -0.464. The molecule has 3 heterocycles. The van der Waals surface area contributed by atoms with Gasteiger partial charge >= 0.3 is 0 Å². The molecule has 2 fully saturated rings. The lowest BCUT2D eigenvalue weighted by Gasteiger charge is -2.37. The lowest BCUT2D eigenvalue weighted by Crippen LogP contribution is -2.40. The Hall–Kier alpha value is -3.03. The van der Waals surface area contributed by atoms with Crippen LogP contribution in [0.5, 0.6) is 0 Å². The average Bonchev–Trinajstić information content (AvgIpc) is 3.32. The number of amides is 1. The number of carbonyl (C=O) groups excluding carboxylic acids is 1. The maximum atomic E-state index is 14.6. The average molecular weight is 411 g/mol. The minimum absolute atomic E-state index is 0.189. The van der Waals surface area contributed by atoms with Gasteiger partial charge in [-0.3, -0.25) is 4.79 Å². The number of hydrogen-bond acceptors (Lipinski definition) is 4. The molecule has 0 spiro atoms. The van der Waals surface area contributed by atoms with Crippen molar-refractivity contribution in [3.8, 4) is 0 Å². The van der Waals surface area contributed by atoms with Crippen molar-refractivity contribution in [3.63, 3.8) is 0 Å². The predicted octanol–water partition coefficient (Wildman–Crippen LogP) is 4.02. The molecule has 1 saturated heterocycles. The molecule has 3 aromatic rings. The van der Waals surface area contributed by atoms with Gasteiger partial charge in [-0.25, -0.2) is 18.3 Å². The van der Waals surface area contributed by atoms with E-state index in [1.54, 1.807) is 16.8 Å². The van der Waals surface area contributed by atoms with Crippen molar-refractivity contribution in [2.45, 2.75) is 57.2 Å². The Bertz CT molecular complexity index is 1140. The summed E-state index contributed by atoms with van der Waals surface area (Å²) in [5.74, 6) is -0.474. The molecule has 8 heteroatoms. The number of nitrogens with one attached hydrogen (secondary N) is 1. The number of benzene rings is 1. The summed E-state index contributed by atoms with van der Waals surface area (Å²) in [6, 6.07) is 5.25. The molecule has 0 bridgehead atoms. The molecule has 6 nitrogen and oxygen atoms in total. The molecule has 1 unspecified atom stereocenters. The van der Waals surface area contributed by atoms with Gasteiger partial charge in [-0.05, 0) is 63.8 Å². The predicted molar refractivity (Wildman–Crippen MR) is 108 cm³/mol. The number of carbonyl (C=O) groups is 1. The van der Waals surface area contributed by atoms with E-state index in [0.717, 1.165) is 25.3 Å². The van der Waals surface area contributed by atoms with Crippen LogP contribution in [0.15, 0.2) is 36.7 Å². The maximum Gasteiger partial charge on any atom is 0.256 e. The number of hydrogen-bond donors (Lipinski definition) is 1. The van der Waals surface area contributed by atoms with Crippen molar-refractivity contribution in [2.75, 3.05) is 4.90 Å². The Labute approximate surface area is 172 Å². The monoisotopic (exact) mass is 411 g/mol. The summed E-state index contributed by atoms with van der Waals surface area (Å²) in [7, 11) is 0. The third kappa shape index (κ3) is 3.20. The molecule has 1 atom stereocenters. The summed E-state index contributed by atoms with van der Waals surface area (Å²) in [4.78, 5) is 19.4. The fourth-order valence-corrected chi connectivity index (χ4v) is 4.34. The molecule has 1 aromatic carbocycles. The number of rotatable bonds is 4. The quantitative estimate of drug-likeness (QED) is 0.704. The topological polar surface area (TPSA) is 62.5 Å². The summed E-state index contributed by atoms with van der Waals surface area (Å²) >= 11 is 0. The van der Waals surface area contributed by atoms with Gasteiger partial charge in [-0.1, -0.05) is 0 Å². The summed E-state index contributed by atoms with van der Waals surface area (Å²) in [5, 5.41) is 7.20. The molecule has 156 valence electrons. The molecule has 1 N–H and O–H groups in total. The molecule has 2 aromatic heterocycles. The molecule has 1 saturated carbocycles. The standard InChI is InChI=1S/C22H23F2N5O/c1-22(2)9-7-18(15-11-13(23)3-6-17(15)24)29(22)19-8-10-28-20(27-19)16(12-25-28)21(30)26-14-4-5-14/h3,6,8,10-12,14,18H,4-5,7,9H2,1-2H3,(H,26,30). The molecular formula is C22H23F2N5O. The van der Waals surface area contributed by atoms with E-state index in [4.69, 9.17) is 4.98 Å². The third-order valence-electron chi connectivity index (χ3n) is 6.07. The van der Waals surface area contributed by atoms with Crippen LogP contribution in [0.3, 0.4) is 0 Å². The van der Waals surface area contributed by atoms with Crippen LogP contribution in [0.4, 0.5) is 14.6 Å². The second-order valence-electron chi connectivity index (χ2n) is 8.76. The van der Waals surface area contributed by atoms with E-state index in [0.29, 0.717) is 29.0 Å². The van der Waals surface area contributed by atoms with Crippen molar-refractivity contribution in [1.82, 2.24) is 19.9 Å². The van der Waals surface area contributed by atoms with E-state index >= 15 is 0 Å². The van der Waals surface area contributed by atoms with Crippen LogP contribution in [-0.2, 0) is 0 Å². The summed E-state index contributed by atoms with van der Waals surface area (Å²) in [6.07, 6.45) is 6.73. The van der Waals surface area contributed by atoms with Gasteiger partial charge in [0, 0.05) is 23.3 Å². The highest BCUT2D eigenvalue weighted by Gasteiger charge is 2.42. The van der Waals surface area contributed by atoms with E-state index in [1.807, 2.05) is 4.90 Å². The summed E-state index contributed by atoms with van der Waals surface area (Å²) < 4.78 is 30.0. The van der Waals surface area contributed by atoms with Crippen LogP contribution in [0.25, 0.3) is 5.65 Å². The fraction of sp³-hybridized carbons (Fsp3) is 0.409. The molecule has 1 amide bonds. The van der Waals surface area contributed by atoms with Crippen molar-refractivity contribution in [3.05, 3.63) is 59.4 Å². The lowest BCUT2D eigenvalue weighted by molar-refractivity contribution is 0.0952. The van der Waals surface area contributed by atoms with Crippen LogP contribution in [-0.4, -0.2) is 32.1 Å². The molecular weight excluding hydrogens is 388 g/mol. The second-order valence-corrected chi connectivity index (χ2v) is 8.76. The zero-order valence-electron chi connectivity index (χ0n) is 16.9. The lowest BCUT2D eigenvalue weighted by atomic mass is 10.0. The van der Waals surface area contributed by atoms with E-state index in [1.165, 1.54) is 18.3 Å². The first-order valence-corrected chi connectivity index (χ1v) is 10.2. The first kappa shape index (κ1) is 19.0. The van der Waals surface area contributed by atoms with Gasteiger partial charge in [0.1, 0.15) is 23.0 Å². The van der Waals surface area contributed by atoms with Crippen molar-refractivity contribution >= 4 is 17.4 Å². The first-order chi connectivity index (χ1) is 14.3. The van der Waals surface area contributed by atoms with Crippen LogP contribution in [0.1, 0.15) is 61.5 Å².